The van der Waals surface area contributed by atoms with E-state index in [0.717, 1.165) is 19.4 Å². The number of halogens is 1. The van der Waals surface area contributed by atoms with E-state index < -0.39 is 0 Å². The minimum Gasteiger partial charge on any atom is -0.419 e. The molecular weight excluding hydrogens is 257 g/mol. The van der Waals surface area contributed by atoms with E-state index in [1.807, 2.05) is 0 Å². The summed E-state index contributed by atoms with van der Waals surface area (Å²) in [7, 11) is 0. The molecule has 0 saturated heterocycles. The van der Waals surface area contributed by atoms with Gasteiger partial charge in [0, 0.05) is 5.56 Å². The minimum atomic E-state index is -0.265. The largest absolute Gasteiger partial charge is 0.419 e. The molecule has 0 saturated carbocycles. The van der Waals surface area contributed by atoms with Gasteiger partial charge in [-0.3, -0.25) is 0 Å². The molecule has 0 radical (unpaired) electrons. The van der Waals surface area contributed by atoms with Crippen molar-refractivity contribution in [2.45, 2.75) is 39.7 Å². The summed E-state index contributed by atoms with van der Waals surface area (Å²) in [6.07, 6.45) is 1.91. The van der Waals surface area contributed by atoms with Gasteiger partial charge in [0.25, 0.3) is 0 Å². The van der Waals surface area contributed by atoms with Gasteiger partial charge in [-0.05, 0) is 44.0 Å². The van der Waals surface area contributed by atoms with Crippen molar-refractivity contribution in [3.63, 3.8) is 0 Å². The number of rotatable bonds is 6. The normalized spacial score (nSPS) is 12.6. The predicted octanol–water partition coefficient (Wildman–Crippen LogP) is 3.63. The zero-order valence-corrected chi connectivity index (χ0v) is 12.1. The first-order valence-electron chi connectivity index (χ1n) is 6.99. The third kappa shape index (κ3) is 3.22. The van der Waals surface area contributed by atoms with E-state index in [4.69, 9.17) is 4.42 Å². The lowest BCUT2D eigenvalue weighted by atomic mass is 10.1. The molecular formula is C15H20FN3O. The van der Waals surface area contributed by atoms with E-state index in [1.165, 1.54) is 6.07 Å². The second-order valence-electron chi connectivity index (χ2n) is 4.82. The average Bonchev–Trinajstić information content (AvgIpc) is 2.92. The Morgan fingerprint density at radius 2 is 2.10 bits per heavy atom. The molecule has 1 N–H and O–H groups in total. The number of benzene rings is 1. The van der Waals surface area contributed by atoms with Crippen LogP contribution in [0.2, 0.25) is 0 Å². The van der Waals surface area contributed by atoms with Crippen LogP contribution < -0.4 is 5.32 Å². The van der Waals surface area contributed by atoms with Crippen molar-refractivity contribution in [1.82, 2.24) is 15.5 Å². The van der Waals surface area contributed by atoms with Crippen LogP contribution in [0.15, 0.2) is 22.6 Å². The Morgan fingerprint density at radius 1 is 1.30 bits per heavy atom. The molecule has 0 bridgehead atoms. The Kier molecular flexibility index (Phi) is 4.84. The quantitative estimate of drug-likeness (QED) is 0.876. The third-order valence-corrected chi connectivity index (χ3v) is 3.21. The first kappa shape index (κ1) is 14.7. The van der Waals surface area contributed by atoms with Gasteiger partial charge in [0.05, 0.1) is 6.04 Å². The summed E-state index contributed by atoms with van der Waals surface area (Å²) in [5.41, 5.74) is 1.21. The Balaban J connectivity index is 2.20. The number of nitrogens with one attached hydrogen (secondary N) is 1. The summed E-state index contributed by atoms with van der Waals surface area (Å²) in [5.74, 6) is 0.644. The zero-order chi connectivity index (χ0) is 14.5. The molecule has 0 aliphatic carbocycles. The van der Waals surface area contributed by atoms with Crippen LogP contribution in [0.3, 0.4) is 0 Å². The molecule has 1 heterocycles. The summed E-state index contributed by atoms with van der Waals surface area (Å²) in [6.45, 7) is 6.78. The molecule has 1 unspecified atom stereocenters. The second kappa shape index (κ2) is 6.61. The summed E-state index contributed by atoms with van der Waals surface area (Å²) in [6, 6.07) is 4.97. The number of nitrogens with zero attached hydrogens (tertiary/aromatic N) is 2. The molecule has 2 rings (SSSR count). The van der Waals surface area contributed by atoms with Crippen LogP contribution in [0, 0.1) is 12.7 Å². The van der Waals surface area contributed by atoms with Gasteiger partial charge >= 0.3 is 0 Å². The van der Waals surface area contributed by atoms with Gasteiger partial charge in [-0.15, -0.1) is 10.2 Å². The van der Waals surface area contributed by atoms with E-state index in [-0.39, 0.29) is 11.9 Å². The summed E-state index contributed by atoms with van der Waals surface area (Å²) in [5, 5.41) is 11.4. The highest BCUT2D eigenvalue weighted by Gasteiger charge is 2.17. The SMILES string of the molecule is CCCNC(CC)c1nnc(-c2ccc(C)c(F)c2)o1. The van der Waals surface area contributed by atoms with Crippen LogP contribution in [0.4, 0.5) is 4.39 Å². The maximum absolute atomic E-state index is 13.6. The third-order valence-electron chi connectivity index (χ3n) is 3.21. The average molecular weight is 277 g/mol. The Bertz CT molecular complexity index is 568. The minimum absolute atomic E-state index is 0.0477. The van der Waals surface area contributed by atoms with Gasteiger partial charge in [0.15, 0.2) is 0 Å². The smallest absolute Gasteiger partial charge is 0.247 e. The maximum atomic E-state index is 13.6. The molecule has 4 nitrogen and oxygen atoms in total. The van der Waals surface area contributed by atoms with Gasteiger partial charge in [-0.25, -0.2) is 4.39 Å². The highest BCUT2D eigenvalue weighted by atomic mass is 19.1. The van der Waals surface area contributed by atoms with Crippen LogP contribution in [0.5, 0.6) is 0 Å². The molecule has 20 heavy (non-hydrogen) atoms. The fourth-order valence-corrected chi connectivity index (χ4v) is 1.94. The predicted molar refractivity (Wildman–Crippen MR) is 75.8 cm³/mol. The van der Waals surface area contributed by atoms with Crippen LogP contribution in [0.1, 0.15) is 44.2 Å². The molecule has 5 heteroatoms. The molecule has 0 aliphatic rings. The number of hydrogen-bond acceptors (Lipinski definition) is 4. The van der Waals surface area contributed by atoms with E-state index in [9.17, 15) is 4.39 Å². The van der Waals surface area contributed by atoms with Gasteiger partial charge < -0.3 is 9.73 Å². The Morgan fingerprint density at radius 3 is 2.75 bits per heavy atom. The van der Waals surface area contributed by atoms with E-state index in [0.29, 0.717) is 22.9 Å². The lowest BCUT2D eigenvalue weighted by Crippen LogP contribution is -2.21. The molecule has 0 fully saturated rings. The fraction of sp³-hybridized carbons (Fsp3) is 0.467. The first-order valence-corrected chi connectivity index (χ1v) is 6.99. The fourth-order valence-electron chi connectivity index (χ4n) is 1.94. The number of aryl methyl sites for hydroxylation is 1. The second-order valence-corrected chi connectivity index (χ2v) is 4.82. The van der Waals surface area contributed by atoms with E-state index >= 15 is 0 Å². The maximum Gasteiger partial charge on any atom is 0.247 e. The van der Waals surface area contributed by atoms with Crippen molar-refractivity contribution in [1.29, 1.82) is 0 Å². The van der Waals surface area contributed by atoms with E-state index in [2.05, 4.69) is 29.4 Å². The van der Waals surface area contributed by atoms with Crippen molar-refractivity contribution in [2.75, 3.05) is 6.54 Å². The summed E-state index contributed by atoms with van der Waals surface area (Å²) >= 11 is 0. The number of hydrogen-bond donors (Lipinski definition) is 1. The monoisotopic (exact) mass is 277 g/mol. The molecule has 0 spiro atoms. The molecule has 1 aromatic heterocycles. The van der Waals surface area contributed by atoms with E-state index in [1.54, 1.807) is 19.1 Å². The molecule has 108 valence electrons. The van der Waals surface area contributed by atoms with Crippen LogP contribution in [-0.2, 0) is 0 Å². The van der Waals surface area contributed by atoms with Crippen LogP contribution >= 0.6 is 0 Å². The van der Waals surface area contributed by atoms with Gasteiger partial charge in [-0.2, -0.15) is 0 Å². The van der Waals surface area contributed by atoms with Crippen LogP contribution in [0.25, 0.3) is 11.5 Å². The van der Waals surface area contributed by atoms with Gasteiger partial charge in [0.2, 0.25) is 11.8 Å². The van der Waals surface area contributed by atoms with Crippen LogP contribution in [-0.4, -0.2) is 16.7 Å². The standard InChI is InChI=1S/C15H20FN3O/c1-4-8-17-13(5-2)15-19-18-14(20-15)11-7-6-10(3)12(16)9-11/h6-7,9,13,17H,4-5,8H2,1-3H3. The Hall–Kier alpha value is -1.75. The molecule has 0 amide bonds. The highest BCUT2D eigenvalue weighted by molar-refractivity contribution is 5.53. The number of aromatic nitrogens is 2. The lowest BCUT2D eigenvalue weighted by molar-refractivity contribution is 0.396. The summed E-state index contributed by atoms with van der Waals surface area (Å²) in [4.78, 5) is 0. The van der Waals surface area contributed by atoms with Crippen molar-refractivity contribution in [2.24, 2.45) is 0 Å². The Labute approximate surface area is 118 Å². The summed E-state index contributed by atoms with van der Waals surface area (Å²) < 4.78 is 19.2. The molecule has 0 aliphatic heterocycles. The molecule has 1 atom stereocenters. The first-order chi connectivity index (χ1) is 9.65. The highest BCUT2D eigenvalue weighted by Crippen LogP contribution is 2.23. The van der Waals surface area contributed by atoms with Crippen molar-refractivity contribution in [3.05, 3.63) is 35.5 Å². The van der Waals surface area contributed by atoms with Gasteiger partial charge in [-0.1, -0.05) is 19.9 Å². The van der Waals surface area contributed by atoms with Crippen molar-refractivity contribution >= 4 is 0 Å². The van der Waals surface area contributed by atoms with Crippen molar-refractivity contribution in [3.8, 4) is 11.5 Å². The molecule has 2 aromatic rings. The van der Waals surface area contributed by atoms with Gasteiger partial charge in [0.1, 0.15) is 5.82 Å². The zero-order valence-electron chi connectivity index (χ0n) is 12.1. The topological polar surface area (TPSA) is 51.0 Å². The van der Waals surface area contributed by atoms with Crippen molar-refractivity contribution < 1.29 is 8.81 Å². The lowest BCUT2D eigenvalue weighted by Gasteiger charge is -2.11. The molecule has 1 aromatic carbocycles.